The lowest BCUT2D eigenvalue weighted by Crippen LogP contribution is -2.04. The van der Waals surface area contributed by atoms with Crippen LogP contribution in [-0.4, -0.2) is 13.1 Å². The SMILES string of the molecule is COC(=O)c1ccc(-c2ccc(C)cc2)cc1CBr. The molecule has 0 heterocycles. The molecule has 0 unspecified atom stereocenters. The molecule has 0 saturated heterocycles. The highest BCUT2D eigenvalue weighted by molar-refractivity contribution is 9.08. The van der Waals surface area contributed by atoms with Crippen LogP contribution in [0.4, 0.5) is 0 Å². The van der Waals surface area contributed by atoms with Crippen LogP contribution >= 0.6 is 15.9 Å². The fraction of sp³-hybridized carbons (Fsp3) is 0.188. The summed E-state index contributed by atoms with van der Waals surface area (Å²) in [6.07, 6.45) is 0. The van der Waals surface area contributed by atoms with E-state index in [0.29, 0.717) is 10.9 Å². The average molecular weight is 319 g/mol. The van der Waals surface area contributed by atoms with Crippen molar-refractivity contribution in [2.75, 3.05) is 7.11 Å². The van der Waals surface area contributed by atoms with Crippen LogP contribution in [0.2, 0.25) is 0 Å². The number of rotatable bonds is 3. The molecule has 19 heavy (non-hydrogen) atoms. The molecule has 0 aliphatic heterocycles. The van der Waals surface area contributed by atoms with Crippen molar-refractivity contribution in [1.29, 1.82) is 0 Å². The van der Waals surface area contributed by atoms with E-state index in [1.807, 2.05) is 18.2 Å². The molecule has 3 heteroatoms. The molecule has 0 saturated carbocycles. The van der Waals surface area contributed by atoms with Crippen LogP contribution in [0.3, 0.4) is 0 Å². The zero-order valence-corrected chi connectivity index (χ0v) is 12.5. The summed E-state index contributed by atoms with van der Waals surface area (Å²) in [7, 11) is 1.40. The van der Waals surface area contributed by atoms with Gasteiger partial charge in [0, 0.05) is 5.33 Å². The van der Waals surface area contributed by atoms with Crippen LogP contribution in [0.1, 0.15) is 21.5 Å². The number of esters is 1. The molecule has 0 N–H and O–H groups in total. The highest BCUT2D eigenvalue weighted by atomic mass is 79.9. The molecule has 98 valence electrons. The van der Waals surface area contributed by atoms with E-state index in [-0.39, 0.29) is 5.97 Å². The zero-order valence-electron chi connectivity index (χ0n) is 10.9. The molecule has 2 aromatic rings. The highest BCUT2D eigenvalue weighted by Gasteiger charge is 2.12. The van der Waals surface area contributed by atoms with E-state index in [1.165, 1.54) is 12.7 Å². The number of halogens is 1. The van der Waals surface area contributed by atoms with Crippen molar-refractivity contribution in [3.63, 3.8) is 0 Å². The summed E-state index contributed by atoms with van der Waals surface area (Å²) in [5.74, 6) is -0.301. The van der Waals surface area contributed by atoms with E-state index in [4.69, 9.17) is 4.74 Å². The van der Waals surface area contributed by atoms with E-state index in [2.05, 4.69) is 47.1 Å². The van der Waals surface area contributed by atoms with Crippen molar-refractivity contribution in [1.82, 2.24) is 0 Å². The van der Waals surface area contributed by atoms with Gasteiger partial charge in [0.2, 0.25) is 0 Å². The summed E-state index contributed by atoms with van der Waals surface area (Å²) in [5.41, 5.74) is 5.02. The topological polar surface area (TPSA) is 26.3 Å². The first-order valence-electron chi connectivity index (χ1n) is 6.00. The van der Waals surface area contributed by atoms with Crippen molar-refractivity contribution < 1.29 is 9.53 Å². The number of methoxy groups -OCH3 is 1. The molecule has 0 fully saturated rings. The number of alkyl halides is 1. The van der Waals surface area contributed by atoms with Crippen molar-refractivity contribution in [3.05, 3.63) is 59.2 Å². The number of carbonyl (C=O) groups excluding carboxylic acids is 1. The van der Waals surface area contributed by atoms with Crippen molar-refractivity contribution in [3.8, 4) is 11.1 Å². The summed E-state index contributed by atoms with van der Waals surface area (Å²) in [5, 5.41) is 0.622. The molecule has 2 aromatic carbocycles. The van der Waals surface area contributed by atoms with Crippen molar-refractivity contribution >= 4 is 21.9 Å². The summed E-state index contributed by atoms with van der Waals surface area (Å²) >= 11 is 3.42. The average Bonchev–Trinajstić information content (AvgIpc) is 2.46. The van der Waals surface area contributed by atoms with Gasteiger partial charge in [-0.1, -0.05) is 51.8 Å². The molecule has 0 amide bonds. The third-order valence-corrected chi connectivity index (χ3v) is 3.64. The number of carbonyl (C=O) groups is 1. The van der Waals surface area contributed by atoms with Crippen LogP contribution in [0.25, 0.3) is 11.1 Å². The van der Waals surface area contributed by atoms with Gasteiger partial charge >= 0.3 is 5.97 Å². The monoisotopic (exact) mass is 318 g/mol. The first-order chi connectivity index (χ1) is 9.15. The Hall–Kier alpha value is -1.61. The Morgan fingerprint density at radius 2 is 1.74 bits per heavy atom. The summed E-state index contributed by atoms with van der Waals surface area (Å²) < 4.78 is 4.78. The largest absolute Gasteiger partial charge is 0.465 e. The second-order valence-electron chi connectivity index (χ2n) is 4.36. The molecule has 0 aliphatic carbocycles. The van der Waals surface area contributed by atoms with Crippen molar-refractivity contribution in [2.24, 2.45) is 0 Å². The van der Waals surface area contributed by atoms with Gasteiger partial charge in [-0.3, -0.25) is 0 Å². The lowest BCUT2D eigenvalue weighted by molar-refractivity contribution is 0.0600. The summed E-state index contributed by atoms with van der Waals surface area (Å²) in [6.45, 7) is 2.06. The lowest BCUT2D eigenvalue weighted by Gasteiger charge is -2.09. The minimum atomic E-state index is -0.301. The van der Waals surface area contributed by atoms with Crippen molar-refractivity contribution in [2.45, 2.75) is 12.3 Å². The maximum absolute atomic E-state index is 11.6. The van der Waals surface area contributed by atoms with Crippen LogP contribution < -0.4 is 0 Å². The van der Waals surface area contributed by atoms with Gasteiger partial charge in [-0.15, -0.1) is 0 Å². The van der Waals surface area contributed by atoms with Crippen LogP contribution in [0.5, 0.6) is 0 Å². The fourth-order valence-electron chi connectivity index (χ4n) is 1.94. The molecular formula is C16H15BrO2. The lowest BCUT2D eigenvalue weighted by atomic mass is 9.99. The Bertz CT molecular complexity index is 588. The predicted octanol–water partition coefficient (Wildman–Crippen LogP) is 4.34. The Morgan fingerprint density at radius 3 is 2.32 bits per heavy atom. The highest BCUT2D eigenvalue weighted by Crippen LogP contribution is 2.24. The molecule has 0 bridgehead atoms. The number of hydrogen-bond acceptors (Lipinski definition) is 2. The van der Waals surface area contributed by atoms with Gasteiger partial charge in [0.05, 0.1) is 12.7 Å². The predicted molar refractivity (Wildman–Crippen MR) is 80.6 cm³/mol. The third kappa shape index (κ3) is 3.04. The van der Waals surface area contributed by atoms with E-state index in [9.17, 15) is 4.79 Å². The second-order valence-corrected chi connectivity index (χ2v) is 4.92. The summed E-state index contributed by atoms with van der Waals surface area (Å²) in [4.78, 5) is 11.6. The standard InChI is InChI=1S/C16H15BrO2/c1-11-3-5-12(6-4-11)13-7-8-15(16(18)19-2)14(9-13)10-17/h3-9H,10H2,1-2H3. The minimum absolute atomic E-state index is 0.301. The quantitative estimate of drug-likeness (QED) is 0.621. The normalized spacial score (nSPS) is 10.3. The Labute approximate surface area is 121 Å². The summed E-state index contributed by atoms with van der Waals surface area (Å²) in [6, 6.07) is 14.1. The fourth-order valence-corrected chi connectivity index (χ4v) is 2.40. The second kappa shape index (κ2) is 6.02. The van der Waals surface area contributed by atoms with Crippen LogP contribution in [0, 0.1) is 6.92 Å². The van der Waals surface area contributed by atoms with Crippen LogP contribution in [0.15, 0.2) is 42.5 Å². The Balaban J connectivity index is 2.44. The maximum Gasteiger partial charge on any atom is 0.338 e. The maximum atomic E-state index is 11.6. The van der Waals surface area contributed by atoms with Crippen LogP contribution in [-0.2, 0) is 10.1 Å². The zero-order chi connectivity index (χ0) is 13.8. The van der Waals surface area contributed by atoms with Gasteiger partial charge in [0.25, 0.3) is 0 Å². The van der Waals surface area contributed by atoms with Gasteiger partial charge in [0.15, 0.2) is 0 Å². The molecule has 0 aliphatic rings. The molecule has 2 rings (SSSR count). The first kappa shape index (κ1) is 13.8. The van der Waals surface area contributed by atoms with Gasteiger partial charge in [-0.05, 0) is 35.7 Å². The minimum Gasteiger partial charge on any atom is -0.465 e. The van der Waals surface area contributed by atoms with E-state index in [1.54, 1.807) is 0 Å². The Kier molecular flexibility index (Phi) is 4.38. The molecule has 0 radical (unpaired) electrons. The van der Waals surface area contributed by atoms with Gasteiger partial charge in [-0.25, -0.2) is 4.79 Å². The molecule has 0 aromatic heterocycles. The Morgan fingerprint density at radius 1 is 1.11 bits per heavy atom. The smallest absolute Gasteiger partial charge is 0.338 e. The van der Waals surface area contributed by atoms with E-state index in [0.717, 1.165) is 16.7 Å². The number of aryl methyl sites for hydroxylation is 1. The van der Waals surface area contributed by atoms with Gasteiger partial charge in [-0.2, -0.15) is 0 Å². The van der Waals surface area contributed by atoms with Gasteiger partial charge in [0.1, 0.15) is 0 Å². The molecule has 2 nitrogen and oxygen atoms in total. The van der Waals surface area contributed by atoms with E-state index < -0.39 is 0 Å². The van der Waals surface area contributed by atoms with Gasteiger partial charge < -0.3 is 4.74 Å². The third-order valence-electron chi connectivity index (χ3n) is 3.04. The molecule has 0 atom stereocenters. The number of benzene rings is 2. The number of hydrogen-bond donors (Lipinski definition) is 0. The molecule has 0 spiro atoms. The number of ether oxygens (including phenoxy) is 1. The molecular weight excluding hydrogens is 304 g/mol. The first-order valence-corrected chi connectivity index (χ1v) is 7.12. The van der Waals surface area contributed by atoms with E-state index >= 15 is 0 Å².